The minimum atomic E-state index is -4.34. The second-order valence-electron chi connectivity index (χ2n) is 6.33. The summed E-state index contributed by atoms with van der Waals surface area (Å²) in [6, 6.07) is 16.5. The smallest absolute Gasteiger partial charge is 0.399 e. The number of benzene rings is 3. The van der Waals surface area contributed by atoms with Gasteiger partial charge in [0.05, 0.1) is 16.6 Å². The number of hydrogen-bond acceptors (Lipinski definition) is 2. The van der Waals surface area contributed by atoms with Crippen molar-refractivity contribution in [3.05, 3.63) is 71.8 Å². The van der Waals surface area contributed by atoms with Crippen molar-refractivity contribution in [1.29, 1.82) is 0 Å². The molecule has 0 spiro atoms. The van der Waals surface area contributed by atoms with Crippen LogP contribution in [0, 0.1) is 0 Å². The summed E-state index contributed by atoms with van der Waals surface area (Å²) >= 11 is 0. The zero-order valence-corrected chi connectivity index (χ0v) is 13.7. The van der Waals surface area contributed by atoms with Crippen LogP contribution in [-0.4, -0.2) is 4.57 Å². The fraction of sp³-hybridized carbons (Fsp3) is 0.100. The van der Waals surface area contributed by atoms with Crippen molar-refractivity contribution in [2.45, 2.75) is 12.7 Å². The normalized spacial score (nSPS) is 12.1. The van der Waals surface area contributed by atoms with Crippen LogP contribution in [0.3, 0.4) is 0 Å². The molecule has 0 saturated heterocycles. The van der Waals surface area contributed by atoms with Crippen molar-refractivity contribution in [2.24, 2.45) is 0 Å². The van der Waals surface area contributed by atoms with E-state index in [1.54, 1.807) is 0 Å². The van der Waals surface area contributed by atoms with E-state index in [0.29, 0.717) is 17.9 Å². The van der Waals surface area contributed by atoms with E-state index in [0.717, 1.165) is 39.5 Å². The predicted molar refractivity (Wildman–Crippen MR) is 98.8 cm³/mol. The van der Waals surface area contributed by atoms with Crippen molar-refractivity contribution >= 4 is 33.2 Å². The highest BCUT2D eigenvalue weighted by Crippen LogP contribution is 2.33. The standard InChI is InChI=1S/C20H16F3N3/c21-20(22,23)13-3-1-12(2-4-13)11-26-18-9-14(24)5-7-16(18)17-8-6-15(25)10-19(17)26/h1-10H,11,24-25H2. The highest BCUT2D eigenvalue weighted by Gasteiger charge is 2.29. The number of nitrogens with two attached hydrogens (primary N) is 2. The summed E-state index contributed by atoms with van der Waals surface area (Å²) in [4.78, 5) is 0. The van der Waals surface area contributed by atoms with Crippen LogP contribution in [0.15, 0.2) is 60.7 Å². The van der Waals surface area contributed by atoms with Gasteiger partial charge in [0.2, 0.25) is 0 Å². The van der Waals surface area contributed by atoms with Crippen molar-refractivity contribution in [1.82, 2.24) is 4.57 Å². The van der Waals surface area contributed by atoms with E-state index in [-0.39, 0.29) is 0 Å². The van der Waals surface area contributed by atoms with Gasteiger partial charge in [-0.3, -0.25) is 0 Å². The van der Waals surface area contributed by atoms with Gasteiger partial charge < -0.3 is 16.0 Å². The zero-order valence-electron chi connectivity index (χ0n) is 13.7. The number of hydrogen-bond donors (Lipinski definition) is 2. The molecule has 4 aromatic rings. The van der Waals surface area contributed by atoms with Gasteiger partial charge in [0, 0.05) is 28.7 Å². The second-order valence-corrected chi connectivity index (χ2v) is 6.33. The molecule has 26 heavy (non-hydrogen) atoms. The quantitative estimate of drug-likeness (QED) is 0.496. The molecule has 0 unspecified atom stereocenters. The number of fused-ring (bicyclic) bond motifs is 3. The molecule has 0 aliphatic carbocycles. The molecule has 3 nitrogen and oxygen atoms in total. The van der Waals surface area contributed by atoms with Crippen LogP contribution < -0.4 is 11.5 Å². The van der Waals surface area contributed by atoms with E-state index < -0.39 is 11.7 Å². The van der Waals surface area contributed by atoms with Crippen LogP contribution in [0.4, 0.5) is 24.5 Å². The van der Waals surface area contributed by atoms with Crippen LogP contribution in [0.25, 0.3) is 21.8 Å². The first-order valence-corrected chi connectivity index (χ1v) is 8.06. The first-order valence-electron chi connectivity index (χ1n) is 8.06. The number of alkyl halides is 3. The molecule has 1 heterocycles. The summed E-state index contributed by atoms with van der Waals surface area (Å²) in [5, 5.41) is 2.06. The lowest BCUT2D eigenvalue weighted by Crippen LogP contribution is -2.05. The van der Waals surface area contributed by atoms with Gasteiger partial charge in [0.15, 0.2) is 0 Å². The van der Waals surface area contributed by atoms with Gasteiger partial charge in [-0.15, -0.1) is 0 Å². The third-order valence-corrected chi connectivity index (χ3v) is 4.54. The van der Waals surface area contributed by atoms with Gasteiger partial charge in [-0.2, -0.15) is 13.2 Å². The van der Waals surface area contributed by atoms with E-state index in [1.165, 1.54) is 12.1 Å². The van der Waals surface area contributed by atoms with Gasteiger partial charge in [-0.1, -0.05) is 24.3 Å². The topological polar surface area (TPSA) is 57.0 Å². The summed E-state index contributed by atoms with van der Waals surface area (Å²) in [5.41, 5.74) is 15.1. The maximum absolute atomic E-state index is 12.8. The number of aromatic nitrogens is 1. The Hall–Kier alpha value is -3.15. The molecule has 132 valence electrons. The summed E-state index contributed by atoms with van der Waals surface area (Å²) in [7, 11) is 0. The fourth-order valence-electron chi connectivity index (χ4n) is 3.28. The molecular weight excluding hydrogens is 339 g/mol. The molecule has 0 amide bonds. The number of anilines is 2. The lowest BCUT2D eigenvalue weighted by Gasteiger charge is -2.11. The molecule has 0 aliphatic rings. The Balaban J connectivity index is 1.86. The van der Waals surface area contributed by atoms with Gasteiger partial charge in [-0.25, -0.2) is 0 Å². The third-order valence-electron chi connectivity index (χ3n) is 4.54. The Morgan fingerprint density at radius 1 is 0.731 bits per heavy atom. The molecule has 0 bridgehead atoms. The summed E-state index contributed by atoms with van der Waals surface area (Å²) in [6.07, 6.45) is -4.34. The summed E-state index contributed by atoms with van der Waals surface area (Å²) in [5.74, 6) is 0. The van der Waals surface area contributed by atoms with Gasteiger partial charge in [0.25, 0.3) is 0 Å². The number of nitrogens with zero attached hydrogens (tertiary/aromatic N) is 1. The highest BCUT2D eigenvalue weighted by molar-refractivity contribution is 6.09. The lowest BCUT2D eigenvalue weighted by atomic mass is 10.1. The number of halogens is 3. The molecule has 0 radical (unpaired) electrons. The Labute approximate surface area is 147 Å². The molecular formula is C20H16F3N3. The minimum Gasteiger partial charge on any atom is -0.399 e. The van der Waals surface area contributed by atoms with Crippen LogP contribution in [0.5, 0.6) is 0 Å². The summed E-state index contributed by atoms with van der Waals surface area (Å²) in [6.45, 7) is 0.422. The minimum absolute atomic E-state index is 0.422. The summed E-state index contributed by atoms with van der Waals surface area (Å²) < 4.78 is 40.3. The molecule has 4 N–H and O–H groups in total. The van der Waals surface area contributed by atoms with Crippen LogP contribution in [0.1, 0.15) is 11.1 Å². The van der Waals surface area contributed by atoms with E-state index in [9.17, 15) is 13.2 Å². The zero-order chi connectivity index (χ0) is 18.5. The maximum atomic E-state index is 12.8. The van der Waals surface area contributed by atoms with E-state index in [1.807, 2.05) is 41.0 Å². The van der Waals surface area contributed by atoms with E-state index in [4.69, 9.17) is 11.5 Å². The van der Waals surface area contributed by atoms with Crippen molar-refractivity contribution in [2.75, 3.05) is 11.5 Å². The SMILES string of the molecule is Nc1ccc2c3ccc(N)cc3n(Cc3ccc(C(F)(F)F)cc3)c2c1. The third kappa shape index (κ3) is 2.73. The van der Waals surface area contributed by atoms with Crippen molar-refractivity contribution < 1.29 is 13.2 Å². The Kier molecular flexibility index (Phi) is 3.57. The van der Waals surface area contributed by atoms with Crippen LogP contribution >= 0.6 is 0 Å². The van der Waals surface area contributed by atoms with Crippen LogP contribution in [-0.2, 0) is 12.7 Å². The molecule has 1 aromatic heterocycles. The van der Waals surface area contributed by atoms with Gasteiger partial charge >= 0.3 is 6.18 Å². The lowest BCUT2D eigenvalue weighted by molar-refractivity contribution is -0.137. The Bertz CT molecular complexity index is 1050. The molecule has 0 aliphatic heterocycles. The average molecular weight is 355 g/mol. The number of rotatable bonds is 2. The van der Waals surface area contributed by atoms with Crippen LogP contribution in [0.2, 0.25) is 0 Å². The molecule has 0 saturated carbocycles. The monoisotopic (exact) mass is 355 g/mol. The molecule has 6 heteroatoms. The predicted octanol–water partition coefficient (Wildman–Crippen LogP) is 5.03. The highest BCUT2D eigenvalue weighted by atomic mass is 19.4. The van der Waals surface area contributed by atoms with E-state index in [2.05, 4.69) is 0 Å². The van der Waals surface area contributed by atoms with Crippen molar-refractivity contribution in [3.63, 3.8) is 0 Å². The maximum Gasteiger partial charge on any atom is 0.416 e. The number of nitrogen functional groups attached to an aromatic ring is 2. The fourth-order valence-corrected chi connectivity index (χ4v) is 3.28. The molecule has 3 aromatic carbocycles. The molecule has 0 atom stereocenters. The average Bonchev–Trinajstić information content (AvgIpc) is 2.87. The molecule has 0 fully saturated rings. The van der Waals surface area contributed by atoms with Gasteiger partial charge in [0.1, 0.15) is 0 Å². The second kappa shape index (κ2) is 5.69. The Morgan fingerprint density at radius 2 is 1.23 bits per heavy atom. The van der Waals surface area contributed by atoms with Crippen molar-refractivity contribution in [3.8, 4) is 0 Å². The first-order chi connectivity index (χ1) is 12.3. The first kappa shape index (κ1) is 16.3. The van der Waals surface area contributed by atoms with E-state index >= 15 is 0 Å². The Morgan fingerprint density at radius 3 is 1.69 bits per heavy atom. The molecule has 4 rings (SSSR count). The van der Waals surface area contributed by atoms with Gasteiger partial charge in [-0.05, 0) is 42.0 Å². The largest absolute Gasteiger partial charge is 0.416 e.